The standard InChI is InChI=1S/C25H42O4/c1-2-3-4-5-9-18-23(29-24-19-12-13-20-28-24)22(25(26)27)17-8-6-7-14-21-15-10-11-16-21/h6-7,18,21-22,24H,2-5,8-17,19-20H2,1H3,(H,26,27)/b7-6-,23-18+. The van der Waals surface area contributed by atoms with Crippen LogP contribution in [0.1, 0.15) is 103 Å². The minimum atomic E-state index is -0.787. The first-order valence-corrected chi connectivity index (χ1v) is 12.1. The van der Waals surface area contributed by atoms with Gasteiger partial charge in [0.15, 0.2) is 6.29 Å². The topological polar surface area (TPSA) is 55.8 Å². The number of carboxylic acid groups (broad SMARTS) is 1. The molecule has 29 heavy (non-hydrogen) atoms. The predicted molar refractivity (Wildman–Crippen MR) is 118 cm³/mol. The highest BCUT2D eigenvalue weighted by molar-refractivity contribution is 5.73. The van der Waals surface area contributed by atoms with Crippen LogP contribution >= 0.6 is 0 Å². The Morgan fingerprint density at radius 3 is 2.55 bits per heavy atom. The molecule has 4 heteroatoms. The molecule has 4 nitrogen and oxygen atoms in total. The SMILES string of the molecule is CCCCCC/C=C(/OC1CCCCO1)C(CC/C=C\CC1CCCC1)C(=O)O. The van der Waals surface area contributed by atoms with Gasteiger partial charge in [-0.1, -0.05) is 64.0 Å². The molecular weight excluding hydrogens is 364 g/mol. The van der Waals surface area contributed by atoms with E-state index in [9.17, 15) is 9.90 Å². The molecule has 2 rings (SSSR count). The van der Waals surface area contributed by atoms with Crippen LogP contribution in [0.4, 0.5) is 0 Å². The van der Waals surface area contributed by atoms with Crippen LogP contribution in [0.2, 0.25) is 0 Å². The fourth-order valence-electron chi connectivity index (χ4n) is 4.35. The van der Waals surface area contributed by atoms with Gasteiger partial charge in [0.05, 0.1) is 6.61 Å². The van der Waals surface area contributed by atoms with Crippen molar-refractivity contribution in [2.75, 3.05) is 6.61 Å². The quantitative estimate of drug-likeness (QED) is 0.192. The van der Waals surface area contributed by atoms with Gasteiger partial charge in [-0.2, -0.15) is 0 Å². The molecule has 0 bridgehead atoms. The van der Waals surface area contributed by atoms with E-state index in [0.29, 0.717) is 18.8 Å². The smallest absolute Gasteiger partial charge is 0.314 e. The molecule has 166 valence electrons. The normalized spacial score (nSPS) is 22.2. The molecule has 1 heterocycles. The van der Waals surface area contributed by atoms with Crippen molar-refractivity contribution < 1.29 is 19.4 Å². The van der Waals surface area contributed by atoms with E-state index < -0.39 is 11.9 Å². The van der Waals surface area contributed by atoms with Crippen LogP contribution in [-0.4, -0.2) is 24.0 Å². The van der Waals surface area contributed by atoms with Gasteiger partial charge in [-0.25, -0.2) is 0 Å². The zero-order chi connectivity index (χ0) is 20.7. The van der Waals surface area contributed by atoms with Crippen LogP contribution in [0.3, 0.4) is 0 Å². The van der Waals surface area contributed by atoms with E-state index in [1.807, 2.05) is 6.08 Å². The lowest BCUT2D eigenvalue weighted by Gasteiger charge is -2.27. The Balaban J connectivity index is 1.89. The summed E-state index contributed by atoms with van der Waals surface area (Å²) in [5.41, 5.74) is 0. The van der Waals surface area contributed by atoms with Gasteiger partial charge < -0.3 is 14.6 Å². The van der Waals surface area contributed by atoms with Crippen LogP contribution in [-0.2, 0) is 14.3 Å². The highest BCUT2D eigenvalue weighted by atomic mass is 16.7. The second-order valence-electron chi connectivity index (χ2n) is 8.70. The van der Waals surface area contributed by atoms with Crippen molar-refractivity contribution in [3.05, 3.63) is 24.0 Å². The zero-order valence-electron chi connectivity index (χ0n) is 18.4. The van der Waals surface area contributed by atoms with Crippen LogP contribution < -0.4 is 0 Å². The molecule has 2 fully saturated rings. The van der Waals surface area contributed by atoms with Crippen molar-refractivity contribution in [3.63, 3.8) is 0 Å². The van der Waals surface area contributed by atoms with Gasteiger partial charge >= 0.3 is 5.97 Å². The summed E-state index contributed by atoms with van der Waals surface area (Å²) in [5.74, 6) is 0.0876. The average Bonchev–Trinajstić information content (AvgIpc) is 3.24. The van der Waals surface area contributed by atoms with Crippen molar-refractivity contribution in [3.8, 4) is 0 Å². The summed E-state index contributed by atoms with van der Waals surface area (Å²) in [4.78, 5) is 12.0. The first kappa shape index (κ1) is 24.0. The number of unbranched alkanes of at least 4 members (excludes halogenated alkanes) is 4. The number of hydrogen-bond acceptors (Lipinski definition) is 3. The third-order valence-electron chi connectivity index (χ3n) is 6.18. The molecular formula is C25H42O4. The van der Waals surface area contributed by atoms with E-state index in [2.05, 4.69) is 19.1 Å². The van der Waals surface area contributed by atoms with Crippen molar-refractivity contribution in [1.29, 1.82) is 0 Å². The first-order chi connectivity index (χ1) is 14.2. The monoisotopic (exact) mass is 406 g/mol. The molecule has 2 aliphatic rings. The molecule has 2 atom stereocenters. The molecule has 0 spiro atoms. The average molecular weight is 407 g/mol. The van der Waals surface area contributed by atoms with Crippen LogP contribution in [0.5, 0.6) is 0 Å². The first-order valence-electron chi connectivity index (χ1n) is 12.1. The van der Waals surface area contributed by atoms with E-state index in [1.54, 1.807) is 0 Å². The van der Waals surface area contributed by atoms with Gasteiger partial charge in [0, 0.05) is 6.42 Å². The predicted octanol–water partition coefficient (Wildman–Crippen LogP) is 7.00. The number of allylic oxidation sites excluding steroid dienone is 3. The molecule has 0 aromatic rings. The maximum atomic E-state index is 12.0. The summed E-state index contributed by atoms with van der Waals surface area (Å²) < 4.78 is 11.8. The van der Waals surface area contributed by atoms with E-state index in [0.717, 1.165) is 50.9 Å². The van der Waals surface area contributed by atoms with Crippen molar-refractivity contribution >= 4 is 5.97 Å². The Morgan fingerprint density at radius 2 is 1.86 bits per heavy atom. The fourth-order valence-corrected chi connectivity index (χ4v) is 4.35. The van der Waals surface area contributed by atoms with E-state index >= 15 is 0 Å². The Labute approximate surface area is 177 Å². The van der Waals surface area contributed by atoms with Gasteiger partial charge in [0.25, 0.3) is 0 Å². The number of hydrogen-bond donors (Lipinski definition) is 1. The summed E-state index contributed by atoms with van der Waals surface area (Å²) in [6.07, 6.45) is 22.7. The number of ether oxygens (including phenoxy) is 2. The highest BCUT2D eigenvalue weighted by Crippen LogP contribution is 2.28. The maximum absolute atomic E-state index is 12.0. The minimum Gasteiger partial charge on any atom is -0.481 e. The third kappa shape index (κ3) is 9.84. The summed E-state index contributed by atoms with van der Waals surface area (Å²) >= 11 is 0. The van der Waals surface area contributed by atoms with Gasteiger partial charge in [-0.05, 0) is 56.9 Å². The molecule has 0 aromatic heterocycles. The highest BCUT2D eigenvalue weighted by Gasteiger charge is 2.26. The fraction of sp³-hybridized carbons (Fsp3) is 0.800. The molecule has 1 aliphatic heterocycles. The summed E-state index contributed by atoms with van der Waals surface area (Å²) in [6, 6.07) is 0. The Morgan fingerprint density at radius 1 is 1.07 bits per heavy atom. The van der Waals surface area contributed by atoms with Gasteiger partial charge in [-0.3, -0.25) is 4.79 Å². The Hall–Kier alpha value is -1.29. The van der Waals surface area contributed by atoms with Crippen LogP contribution in [0, 0.1) is 11.8 Å². The summed E-state index contributed by atoms with van der Waals surface area (Å²) in [7, 11) is 0. The summed E-state index contributed by atoms with van der Waals surface area (Å²) in [6.45, 7) is 2.90. The lowest BCUT2D eigenvalue weighted by atomic mass is 9.98. The maximum Gasteiger partial charge on any atom is 0.314 e. The Bertz CT molecular complexity index is 499. The molecule has 0 amide bonds. The Kier molecular flexibility index (Phi) is 12.1. The summed E-state index contributed by atoms with van der Waals surface area (Å²) in [5, 5.41) is 9.86. The lowest BCUT2D eigenvalue weighted by molar-refractivity contribution is -0.155. The molecule has 1 aliphatic carbocycles. The van der Waals surface area contributed by atoms with Gasteiger partial charge in [-0.15, -0.1) is 0 Å². The van der Waals surface area contributed by atoms with E-state index in [1.165, 1.54) is 44.9 Å². The van der Waals surface area contributed by atoms with E-state index in [-0.39, 0.29) is 6.29 Å². The largest absolute Gasteiger partial charge is 0.481 e. The molecule has 1 N–H and O–H groups in total. The van der Waals surface area contributed by atoms with Crippen LogP contribution in [0.15, 0.2) is 24.0 Å². The molecule has 1 saturated carbocycles. The number of carbonyl (C=O) groups is 1. The number of aliphatic carboxylic acids is 1. The van der Waals surface area contributed by atoms with Gasteiger partial charge in [0.2, 0.25) is 0 Å². The second-order valence-corrected chi connectivity index (χ2v) is 8.70. The van der Waals surface area contributed by atoms with Crippen molar-refractivity contribution in [2.45, 2.75) is 110 Å². The third-order valence-corrected chi connectivity index (χ3v) is 6.18. The lowest BCUT2D eigenvalue weighted by Crippen LogP contribution is -2.26. The van der Waals surface area contributed by atoms with Gasteiger partial charge in [0.1, 0.15) is 11.7 Å². The van der Waals surface area contributed by atoms with E-state index in [4.69, 9.17) is 9.47 Å². The number of rotatable bonds is 14. The molecule has 2 unspecified atom stereocenters. The molecule has 0 radical (unpaired) electrons. The molecule has 0 aromatic carbocycles. The van der Waals surface area contributed by atoms with Crippen molar-refractivity contribution in [2.24, 2.45) is 11.8 Å². The zero-order valence-corrected chi connectivity index (χ0v) is 18.4. The number of carboxylic acids is 1. The minimum absolute atomic E-state index is 0.287. The van der Waals surface area contributed by atoms with Crippen molar-refractivity contribution in [1.82, 2.24) is 0 Å². The molecule has 1 saturated heterocycles. The van der Waals surface area contributed by atoms with Crippen LogP contribution in [0.25, 0.3) is 0 Å². The second kappa shape index (κ2) is 14.7.